The van der Waals surface area contributed by atoms with Crippen LogP contribution in [0.5, 0.6) is 5.75 Å². The van der Waals surface area contributed by atoms with E-state index in [1.165, 1.54) is 12.5 Å². The Morgan fingerprint density at radius 2 is 1.85 bits per heavy atom. The number of aliphatic imine (C=N–C) groups is 1. The third kappa shape index (κ3) is 7.01. The number of hydrogen-bond donors (Lipinski definition) is 3. The third-order valence-electron chi connectivity index (χ3n) is 4.04. The van der Waals surface area contributed by atoms with Crippen molar-refractivity contribution in [3.63, 3.8) is 0 Å². The van der Waals surface area contributed by atoms with E-state index in [2.05, 4.69) is 45.2 Å². The second-order valence-corrected chi connectivity index (χ2v) is 6.16. The standard InChI is InChI=1S/C21H28N4O2/c1-16(26)25-19-14-18(11-12-20(19)27-3)15-24-21(22-2)23-13-7-10-17-8-5-4-6-9-17/h4-6,8-9,11-12,14H,7,10,13,15H2,1-3H3,(H,25,26)(H2,22,23,24). The third-order valence-corrected chi connectivity index (χ3v) is 4.04. The summed E-state index contributed by atoms with van der Waals surface area (Å²) in [5.41, 5.74) is 3.02. The fourth-order valence-corrected chi connectivity index (χ4v) is 2.70. The van der Waals surface area contributed by atoms with E-state index in [1.54, 1.807) is 14.2 Å². The van der Waals surface area contributed by atoms with Crippen molar-refractivity contribution in [3.8, 4) is 5.75 Å². The molecule has 0 aromatic heterocycles. The van der Waals surface area contributed by atoms with Crippen LogP contribution in [0.25, 0.3) is 0 Å². The van der Waals surface area contributed by atoms with Crippen molar-refractivity contribution in [3.05, 3.63) is 59.7 Å². The molecule has 27 heavy (non-hydrogen) atoms. The van der Waals surface area contributed by atoms with Crippen LogP contribution in [0.3, 0.4) is 0 Å². The predicted molar refractivity (Wildman–Crippen MR) is 110 cm³/mol. The van der Waals surface area contributed by atoms with E-state index in [0.29, 0.717) is 18.0 Å². The number of nitrogens with zero attached hydrogens (tertiary/aromatic N) is 1. The summed E-state index contributed by atoms with van der Waals surface area (Å²) in [7, 11) is 3.34. The molecule has 0 heterocycles. The highest BCUT2D eigenvalue weighted by Crippen LogP contribution is 2.25. The van der Waals surface area contributed by atoms with Crippen LogP contribution in [0.4, 0.5) is 5.69 Å². The molecule has 0 saturated carbocycles. The molecule has 2 aromatic rings. The number of amides is 1. The van der Waals surface area contributed by atoms with Gasteiger partial charge in [0.2, 0.25) is 5.91 Å². The lowest BCUT2D eigenvalue weighted by molar-refractivity contribution is -0.114. The van der Waals surface area contributed by atoms with Crippen LogP contribution < -0.4 is 20.7 Å². The van der Waals surface area contributed by atoms with Gasteiger partial charge in [0.15, 0.2) is 5.96 Å². The summed E-state index contributed by atoms with van der Waals surface area (Å²) in [6.07, 6.45) is 2.06. The molecule has 6 nitrogen and oxygen atoms in total. The fraction of sp³-hybridized carbons (Fsp3) is 0.333. The molecule has 0 spiro atoms. The molecular weight excluding hydrogens is 340 g/mol. The summed E-state index contributed by atoms with van der Waals surface area (Å²) in [4.78, 5) is 15.6. The van der Waals surface area contributed by atoms with Gasteiger partial charge in [-0.2, -0.15) is 0 Å². The molecule has 0 saturated heterocycles. The van der Waals surface area contributed by atoms with Crippen molar-refractivity contribution >= 4 is 17.6 Å². The maximum Gasteiger partial charge on any atom is 0.221 e. The first kappa shape index (κ1) is 20.3. The molecule has 3 N–H and O–H groups in total. The van der Waals surface area contributed by atoms with Gasteiger partial charge < -0.3 is 20.7 Å². The van der Waals surface area contributed by atoms with E-state index in [0.717, 1.165) is 30.9 Å². The number of benzene rings is 2. The number of carbonyl (C=O) groups excluding carboxylic acids is 1. The van der Waals surface area contributed by atoms with Gasteiger partial charge in [0.1, 0.15) is 5.75 Å². The highest BCUT2D eigenvalue weighted by atomic mass is 16.5. The maximum absolute atomic E-state index is 11.3. The second kappa shape index (κ2) is 10.9. The minimum absolute atomic E-state index is 0.130. The van der Waals surface area contributed by atoms with Crippen molar-refractivity contribution < 1.29 is 9.53 Å². The van der Waals surface area contributed by atoms with Gasteiger partial charge in [0.25, 0.3) is 0 Å². The van der Waals surface area contributed by atoms with Gasteiger partial charge >= 0.3 is 0 Å². The van der Waals surface area contributed by atoms with Crippen LogP contribution in [-0.4, -0.2) is 32.6 Å². The lowest BCUT2D eigenvalue weighted by Gasteiger charge is -2.14. The van der Waals surface area contributed by atoms with Crippen LogP contribution in [0.15, 0.2) is 53.5 Å². The first-order valence-electron chi connectivity index (χ1n) is 9.05. The number of rotatable bonds is 8. The molecule has 6 heteroatoms. The van der Waals surface area contributed by atoms with E-state index in [-0.39, 0.29) is 5.91 Å². The van der Waals surface area contributed by atoms with Crippen LogP contribution in [-0.2, 0) is 17.8 Å². The summed E-state index contributed by atoms with van der Waals surface area (Å²) in [6.45, 7) is 2.91. The summed E-state index contributed by atoms with van der Waals surface area (Å²) in [5, 5.41) is 9.40. The van der Waals surface area contributed by atoms with Crippen molar-refractivity contribution in [1.29, 1.82) is 0 Å². The number of methoxy groups -OCH3 is 1. The molecule has 2 rings (SSSR count). The SMILES string of the molecule is CN=C(NCCCc1ccccc1)NCc1ccc(OC)c(NC(C)=O)c1. The van der Waals surface area contributed by atoms with Crippen molar-refractivity contribution in [2.24, 2.45) is 4.99 Å². The first-order chi connectivity index (χ1) is 13.1. The molecular formula is C21H28N4O2. The Morgan fingerprint density at radius 1 is 1.07 bits per heavy atom. The number of aryl methyl sites for hydroxylation is 1. The summed E-state index contributed by atoms with van der Waals surface area (Å²) >= 11 is 0. The Balaban J connectivity index is 1.82. The smallest absolute Gasteiger partial charge is 0.221 e. The number of guanidine groups is 1. The topological polar surface area (TPSA) is 74.8 Å². The molecule has 0 unspecified atom stereocenters. The highest BCUT2D eigenvalue weighted by Gasteiger charge is 2.06. The number of ether oxygens (including phenoxy) is 1. The van der Waals surface area contributed by atoms with Gasteiger partial charge in [0, 0.05) is 27.1 Å². The van der Waals surface area contributed by atoms with Crippen LogP contribution >= 0.6 is 0 Å². The van der Waals surface area contributed by atoms with Crippen LogP contribution in [0.2, 0.25) is 0 Å². The Morgan fingerprint density at radius 3 is 2.52 bits per heavy atom. The average Bonchev–Trinajstić information content (AvgIpc) is 2.68. The van der Waals surface area contributed by atoms with E-state index in [1.807, 2.05) is 24.3 Å². The van der Waals surface area contributed by atoms with Gasteiger partial charge in [-0.15, -0.1) is 0 Å². The van der Waals surface area contributed by atoms with Gasteiger partial charge in [-0.25, -0.2) is 0 Å². The number of nitrogens with one attached hydrogen (secondary N) is 3. The van der Waals surface area contributed by atoms with Crippen molar-refractivity contribution in [2.45, 2.75) is 26.3 Å². The van der Waals surface area contributed by atoms with Gasteiger partial charge in [-0.05, 0) is 36.1 Å². The average molecular weight is 368 g/mol. The Bertz CT molecular complexity index is 760. The van der Waals surface area contributed by atoms with Crippen molar-refractivity contribution in [2.75, 3.05) is 26.0 Å². The van der Waals surface area contributed by atoms with E-state index in [9.17, 15) is 4.79 Å². The van der Waals surface area contributed by atoms with E-state index >= 15 is 0 Å². The minimum atomic E-state index is -0.130. The van der Waals surface area contributed by atoms with E-state index in [4.69, 9.17) is 4.74 Å². The number of hydrogen-bond acceptors (Lipinski definition) is 3. The molecule has 2 aromatic carbocycles. The first-order valence-corrected chi connectivity index (χ1v) is 9.05. The lowest BCUT2D eigenvalue weighted by atomic mass is 10.1. The fourth-order valence-electron chi connectivity index (χ4n) is 2.70. The van der Waals surface area contributed by atoms with Gasteiger partial charge in [0.05, 0.1) is 12.8 Å². The Labute approximate surface area is 161 Å². The van der Waals surface area contributed by atoms with Gasteiger partial charge in [-0.3, -0.25) is 9.79 Å². The zero-order valence-electron chi connectivity index (χ0n) is 16.2. The van der Waals surface area contributed by atoms with Crippen LogP contribution in [0.1, 0.15) is 24.5 Å². The highest BCUT2D eigenvalue weighted by molar-refractivity contribution is 5.90. The second-order valence-electron chi connectivity index (χ2n) is 6.16. The molecule has 0 aliphatic heterocycles. The number of carbonyl (C=O) groups is 1. The molecule has 0 fully saturated rings. The molecule has 144 valence electrons. The summed E-state index contributed by atoms with van der Waals surface area (Å²) < 4.78 is 5.28. The minimum Gasteiger partial charge on any atom is -0.495 e. The quantitative estimate of drug-likeness (QED) is 0.380. The monoisotopic (exact) mass is 368 g/mol. The van der Waals surface area contributed by atoms with Gasteiger partial charge in [-0.1, -0.05) is 36.4 Å². The van der Waals surface area contributed by atoms with E-state index < -0.39 is 0 Å². The summed E-state index contributed by atoms with van der Waals surface area (Å²) in [5.74, 6) is 1.26. The Hall–Kier alpha value is -3.02. The Kier molecular flexibility index (Phi) is 8.16. The molecule has 0 aliphatic rings. The normalized spacial score (nSPS) is 11.0. The van der Waals surface area contributed by atoms with Crippen molar-refractivity contribution in [1.82, 2.24) is 10.6 Å². The zero-order chi connectivity index (χ0) is 19.5. The molecule has 0 aliphatic carbocycles. The number of anilines is 1. The molecule has 0 radical (unpaired) electrons. The molecule has 0 bridgehead atoms. The zero-order valence-corrected chi connectivity index (χ0v) is 16.2. The lowest BCUT2D eigenvalue weighted by Crippen LogP contribution is -2.37. The predicted octanol–water partition coefficient (Wildman–Crippen LogP) is 2.95. The largest absolute Gasteiger partial charge is 0.495 e. The summed E-state index contributed by atoms with van der Waals surface area (Å²) in [6, 6.07) is 16.1. The maximum atomic E-state index is 11.3. The molecule has 1 amide bonds. The molecule has 0 atom stereocenters. The van der Waals surface area contributed by atoms with Crippen LogP contribution in [0, 0.1) is 0 Å².